The molecule has 0 aliphatic rings. The van der Waals surface area contributed by atoms with Crippen molar-refractivity contribution >= 4 is 5.95 Å². The molecule has 0 radical (unpaired) electrons. The highest BCUT2D eigenvalue weighted by Crippen LogP contribution is 2.06. The standard InChI is InChI=1S/C11H20N4/c1-10-6-8-13-11(14-10)15(2)9-5-3-4-7-12/h6,8H,3-5,7,9,12H2,1-2H3. The lowest BCUT2D eigenvalue weighted by molar-refractivity contribution is 0.672. The van der Waals surface area contributed by atoms with Crippen LogP contribution in [0, 0.1) is 6.92 Å². The van der Waals surface area contributed by atoms with Gasteiger partial charge in [0.15, 0.2) is 0 Å². The van der Waals surface area contributed by atoms with E-state index in [0.717, 1.165) is 37.6 Å². The molecule has 0 bridgehead atoms. The molecular formula is C11H20N4. The first-order valence-electron chi connectivity index (χ1n) is 5.45. The lowest BCUT2D eigenvalue weighted by Crippen LogP contribution is -2.21. The molecule has 0 unspecified atom stereocenters. The van der Waals surface area contributed by atoms with E-state index in [1.165, 1.54) is 6.42 Å². The predicted octanol–water partition coefficient (Wildman–Crippen LogP) is 1.35. The molecule has 0 amide bonds. The van der Waals surface area contributed by atoms with Crippen LogP contribution in [0.25, 0.3) is 0 Å². The molecular weight excluding hydrogens is 188 g/mol. The van der Waals surface area contributed by atoms with E-state index in [9.17, 15) is 0 Å². The van der Waals surface area contributed by atoms with Crippen molar-refractivity contribution in [3.8, 4) is 0 Å². The molecule has 0 aliphatic heterocycles. The van der Waals surface area contributed by atoms with Crippen LogP contribution < -0.4 is 10.6 Å². The second-order valence-electron chi connectivity index (χ2n) is 3.77. The number of nitrogens with two attached hydrogens (primary N) is 1. The number of hydrogen-bond acceptors (Lipinski definition) is 4. The third-order valence-corrected chi connectivity index (χ3v) is 2.32. The average Bonchev–Trinajstić information content (AvgIpc) is 2.24. The molecule has 1 heterocycles. The summed E-state index contributed by atoms with van der Waals surface area (Å²) in [5.74, 6) is 0.808. The minimum atomic E-state index is 0.782. The summed E-state index contributed by atoms with van der Waals surface area (Å²) in [4.78, 5) is 10.7. The van der Waals surface area contributed by atoms with Crippen molar-refractivity contribution in [1.82, 2.24) is 9.97 Å². The van der Waals surface area contributed by atoms with E-state index in [1.807, 2.05) is 20.0 Å². The number of aromatic nitrogens is 2. The minimum absolute atomic E-state index is 0.782. The summed E-state index contributed by atoms with van der Waals surface area (Å²) in [7, 11) is 2.03. The number of anilines is 1. The average molecular weight is 208 g/mol. The Kier molecular flexibility index (Phi) is 5.04. The molecule has 1 rings (SSSR count). The molecule has 0 saturated heterocycles. The summed E-state index contributed by atoms with van der Waals surface area (Å²) < 4.78 is 0. The summed E-state index contributed by atoms with van der Waals surface area (Å²) in [6.07, 6.45) is 5.22. The van der Waals surface area contributed by atoms with Crippen molar-refractivity contribution < 1.29 is 0 Å². The molecule has 0 atom stereocenters. The highest BCUT2D eigenvalue weighted by molar-refractivity contribution is 5.28. The highest BCUT2D eigenvalue weighted by Gasteiger charge is 2.02. The van der Waals surface area contributed by atoms with Crippen molar-refractivity contribution in [2.24, 2.45) is 5.73 Å². The third-order valence-electron chi connectivity index (χ3n) is 2.32. The van der Waals surface area contributed by atoms with Crippen molar-refractivity contribution in [3.05, 3.63) is 18.0 Å². The van der Waals surface area contributed by atoms with Crippen molar-refractivity contribution in [3.63, 3.8) is 0 Å². The first-order chi connectivity index (χ1) is 7.24. The predicted molar refractivity (Wildman–Crippen MR) is 62.9 cm³/mol. The van der Waals surface area contributed by atoms with Crippen molar-refractivity contribution in [2.45, 2.75) is 26.2 Å². The van der Waals surface area contributed by atoms with Gasteiger partial charge in [-0.1, -0.05) is 6.42 Å². The van der Waals surface area contributed by atoms with E-state index in [0.29, 0.717) is 0 Å². The second kappa shape index (κ2) is 6.35. The maximum absolute atomic E-state index is 5.44. The molecule has 0 fully saturated rings. The van der Waals surface area contributed by atoms with Crippen LogP contribution in [-0.4, -0.2) is 30.1 Å². The Morgan fingerprint density at radius 2 is 2.13 bits per heavy atom. The number of hydrogen-bond donors (Lipinski definition) is 1. The Bertz CT molecular complexity index is 288. The van der Waals surface area contributed by atoms with Crippen LogP contribution in [0.1, 0.15) is 25.0 Å². The fraction of sp³-hybridized carbons (Fsp3) is 0.636. The first kappa shape index (κ1) is 11.9. The zero-order chi connectivity index (χ0) is 11.1. The smallest absolute Gasteiger partial charge is 0.225 e. The van der Waals surface area contributed by atoms with E-state index in [-0.39, 0.29) is 0 Å². The lowest BCUT2D eigenvalue weighted by Gasteiger charge is -2.16. The van der Waals surface area contributed by atoms with E-state index < -0.39 is 0 Å². The van der Waals surface area contributed by atoms with Crippen LogP contribution in [0.4, 0.5) is 5.95 Å². The van der Waals surface area contributed by atoms with Crippen LogP contribution in [-0.2, 0) is 0 Å². The van der Waals surface area contributed by atoms with Gasteiger partial charge in [0, 0.05) is 25.5 Å². The van der Waals surface area contributed by atoms with E-state index in [4.69, 9.17) is 5.73 Å². The molecule has 4 heteroatoms. The highest BCUT2D eigenvalue weighted by atomic mass is 15.2. The van der Waals surface area contributed by atoms with Gasteiger partial charge < -0.3 is 10.6 Å². The third kappa shape index (κ3) is 4.25. The van der Waals surface area contributed by atoms with Crippen LogP contribution in [0.2, 0.25) is 0 Å². The minimum Gasteiger partial charge on any atom is -0.344 e. The van der Waals surface area contributed by atoms with Crippen LogP contribution in [0.3, 0.4) is 0 Å². The van der Waals surface area contributed by atoms with Gasteiger partial charge in [-0.25, -0.2) is 9.97 Å². The maximum Gasteiger partial charge on any atom is 0.225 e. The topological polar surface area (TPSA) is 55.0 Å². The number of rotatable bonds is 6. The lowest BCUT2D eigenvalue weighted by atomic mass is 10.2. The number of unbranched alkanes of at least 4 members (excludes halogenated alkanes) is 2. The molecule has 0 spiro atoms. The summed E-state index contributed by atoms with van der Waals surface area (Å²) in [5.41, 5.74) is 6.45. The molecule has 1 aromatic rings. The van der Waals surface area contributed by atoms with E-state index in [2.05, 4.69) is 14.9 Å². The number of nitrogens with zero attached hydrogens (tertiary/aromatic N) is 3. The molecule has 15 heavy (non-hydrogen) atoms. The summed E-state index contributed by atoms with van der Waals surface area (Å²) in [6, 6.07) is 1.91. The molecule has 1 aromatic heterocycles. The Morgan fingerprint density at radius 3 is 2.80 bits per heavy atom. The summed E-state index contributed by atoms with van der Waals surface area (Å²) >= 11 is 0. The second-order valence-corrected chi connectivity index (χ2v) is 3.77. The largest absolute Gasteiger partial charge is 0.344 e. The van der Waals surface area contributed by atoms with E-state index >= 15 is 0 Å². The number of aryl methyl sites for hydroxylation is 1. The Labute approximate surface area is 91.5 Å². The van der Waals surface area contributed by atoms with Crippen LogP contribution in [0.5, 0.6) is 0 Å². The molecule has 84 valence electrons. The van der Waals surface area contributed by atoms with Crippen molar-refractivity contribution in [2.75, 3.05) is 25.0 Å². The van der Waals surface area contributed by atoms with Gasteiger partial charge in [-0.3, -0.25) is 0 Å². The van der Waals surface area contributed by atoms with Gasteiger partial charge in [-0.2, -0.15) is 0 Å². The Hall–Kier alpha value is -1.16. The van der Waals surface area contributed by atoms with Gasteiger partial charge >= 0.3 is 0 Å². The fourth-order valence-electron chi connectivity index (χ4n) is 1.39. The summed E-state index contributed by atoms with van der Waals surface area (Å²) in [6.45, 7) is 3.75. The monoisotopic (exact) mass is 208 g/mol. The zero-order valence-electron chi connectivity index (χ0n) is 9.61. The van der Waals surface area contributed by atoms with Crippen LogP contribution >= 0.6 is 0 Å². The van der Waals surface area contributed by atoms with Gasteiger partial charge in [0.25, 0.3) is 0 Å². The quantitative estimate of drug-likeness (QED) is 0.717. The van der Waals surface area contributed by atoms with Gasteiger partial charge in [-0.15, -0.1) is 0 Å². The maximum atomic E-state index is 5.44. The van der Waals surface area contributed by atoms with Crippen molar-refractivity contribution in [1.29, 1.82) is 0 Å². The SMILES string of the molecule is Cc1ccnc(N(C)CCCCCN)n1. The molecule has 4 nitrogen and oxygen atoms in total. The normalized spacial score (nSPS) is 10.3. The molecule has 0 aliphatic carbocycles. The molecule has 2 N–H and O–H groups in total. The molecule has 0 saturated carbocycles. The fourth-order valence-corrected chi connectivity index (χ4v) is 1.39. The van der Waals surface area contributed by atoms with Gasteiger partial charge in [0.2, 0.25) is 5.95 Å². The van der Waals surface area contributed by atoms with E-state index in [1.54, 1.807) is 6.20 Å². The summed E-state index contributed by atoms with van der Waals surface area (Å²) in [5, 5.41) is 0. The van der Waals surface area contributed by atoms with Gasteiger partial charge in [0.1, 0.15) is 0 Å². The van der Waals surface area contributed by atoms with Gasteiger partial charge in [-0.05, 0) is 32.4 Å². The zero-order valence-corrected chi connectivity index (χ0v) is 9.61. The van der Waals surface area contributed by atoms with Crippen LogP contribution in [0.15, 0.2) is 12.3 Å². The Morgan fingerprint density at radius 1 is 1.33 bits per heavy atom. The molecule has 0 aromatic carbocycles. The Balaban J connectivity index is 2.36. The van der Waals surface area contributed by atoms with Gasteiger partial charge in [0.05, 0.1) is 0 Å². The first-order valence-corrected chi connectivity index (χ1v) is 5.45.